The van der Waals surface area contributed by atoms with Crippen LogP contribution in [0.2, 0.25) is 0 Å². The first-order chi connectivity index (χ1) is 11.1. The number of aryl methyl sites for hydroxylation is 1. The van der Waals surface area contributed by atoms with Crippen molar-refractivity contribution >= 4 is 5.96 Å². The number of rotatable bonds is 6. The number of hydrogen-bond acceptors (Lipinski definition) is 2. The highest BCUT2D eigenvalue weighted by atomic mass is 15.2. The van der Waals surface area contributed by atoms with Gasteiger partial charge in [-0.3, -0.25) is 9.89 Å². The van der Waals surface area contributed by atoms with Gasteiger partial charge in [0.15, 0.2) is 5.96 Å². The lowest BCUT2D eigenvalue weighted by Crippen LogP contribution is -2.38. The Balaban J connectivity index is 1.75. The van der Waals surface area contributed by atoms with Crippen LogP contribution in [0.3, 0.4) is 0 Å². The Morgan fingerprint density at radius 3 is 2.35 bits per heavy atom. The van der Waals surface area contributed by atoms with E-state index in [0.29, 0.717) is 11.9 Å². The molecule has 0 aliphatic carbocycles. The molecule has 1 aromatic rings. The van der Waals surface area contributed by atoms with Crippen LogP contribution >= 0.6 is 0 Å². The Bertz CT molecular complexity index is 483. The van der Waals surface area contributed by atoms with Crippen molar-refractivity contribution in [1.29, 1.82) is 0 Å². The lowest BCUT2D eigenvalue weighted by Gasteiger charge is -2.31. The van der Waals surface area contributed by atoms with Gasteiger partial charge in [0.25, 0.3) is 0 Å². The summed E-state index contributed by atoms with van der Waals surface area (Å²) in [6.07, 6.45) is 2.45. The fourth-order valence-electron chi connectivity index (χ4n) is 3.15. The summed E-state index contributed by atoms with van der Waals surface area (Å²) in [6.45, 7) is 12.5. The van der Waals surface area contributed by atoms with Gasteiger partial charge >= 0.3 is 0 Å². The van der Waals surface area contributed by atoms with Crippen molar-refractivity contribution in [1.82, 2.24) is 9.80 Å². The molecule has 1 aromatic carbocycles. The van der Waals surface area contributed by atoms with Gasteiger partial charge in [0.1, 0.15) is 0 Å². The average Bonchev–Trinajstić information content (AvgIpc) is 2.57. The number of benzene rings is 1. The lowest BCUT2D eigenvalue weighted by molar-refractivity contribution is 0.180. The minimum atomic E-state index is 0.679. The SMILES string of the molecule is CCN(CC)C(N)=NCC1CCN(Cc2ccc(C)cc2)CC1. The van der Waals surface area contributed by atoms with E-state index in [-0.39, 0.29) is 0 Å². The zero-order valence-corrected chi connectivity index (χ0v) is 15.0. The van der Waals surface area contributed by atoms with Crippen LogP contribution in [0.15, 0.2) is 29.3 Å². The Kier molecular flexibility index (Phi) is 6.90. The summed E-state index contributed by atoms with van der Waals surface area (Å²) in [5, 5.41) is 0. The number of guanidine groups is 1. The van der Waals surface area contributed by atoms with Gasteiger partial charge in [-0.05, 0) is 58.2 Å². The van der Waals surface area contributed by atoms with E-state index in [1.165, 1.54) is 37.1 Å². The number of piperidine rings is 1. The second kappa shape index (κ2) is 8.92. The number of hydrogen-bond donors (Lipinski definition) is 1. The van der Waals surface area contributed by atoms with Crippen molar-refractivity contribution in [3.63, 3.8) is 0 Å². The van der Waals surface area contributed by atoms with E-state index < -0.39 is 0 Å². The zero-order valence-electron chi connectivity index (χ0n) is 15.0. The quantitative estimate of drug-likeness (QED) is 0.648. The van der Waals surface area contributed by atoms with Crippen LogP contribution in [0, 0.1) is 12.8 Å². The molecular formula is C19H32N4. The van der Waals surface area contributed by atoms with Crippen molar-refractivity contribution in [2.24, 2.45) is 16.6 Å². The van der Waals surface area contributed by atoms with E-state index >= 15 is 0 Å². The van der Waals surface area contributed by atoms with Gasteiger partial charge in [-0.15, -0.1) is 0 Å². The summed E-state index contributed by atoms with van der Waals surface area (Å²) in [5.41, 5.74) is 8.81. The highest BCUT2D eigenvalue weighted by Gasteiger charge is 2.19. The topological polar surface area (TPSA) is 44.9 Å². The molecule has 0 radical (unpaired) electrons. The summed E-state index contributed by atoms with van der Waals surface area (Å²) < 4.78 is 0. The highest BCUT2D eigenvalue weighted by molar-refractivity contribution is 5.77. The number of likely N-dealkylation sites (tertiary alicyclic amines) is 1. The fourth-order valence-corrected chi connectivity index (χ4v) is 3.15. The fraction of sp³-hybridized carbons (Fsp3) is 0.632. The predicted molar refractivity (Wildman–Crippen MR) is 98.6 cm³/mol. The molecule has 2 N–H and O–H groups in total. The van der Waals surface area contributed by atoms with Crippen LogP contribution in [0.4, 0.5) is 0 Å². The van der Waals surface area contributed by atoms with Gasteiger partial charge in [-0.2, -0.15) is 0 Å². The number of nitrogens with two attached hydrogens (primary N) is 1. The van der Waals surface area contributed by atoms with E-state index in [2.05, 4.69) is 59.8 Å². The molecule has 1 heterocycles. The molecule has 23 heavy (non-hydrogen) atoms. The molecule has 4 heteroatoms. The van der Waals surface area contributed by atoms with Crippen LogP contribution < -0.4 is 5.73 Å². The van der Waals surface area contributed by atoms with Crippen LogP contribution in [0.5, 0.6) is 0 Å². The molecule has 0 amide bonds. The molecule has 128 valence electrons. The number of aliphatic imine (C=N–C) groups is 1. The van der Waals surface area contributed by atoms with Crippen LogP contribution in [-0.4, -0.2) is 48.5 Å². The molecule has 0 aromatic heterocycles. The summed E-state index contributed by atoms with van der Waals surface area (Å²) in [4.78, 5) is 9.28. The van der Waals surface area contributed by atoms with Crippen molar-refractivity contribution in [3.05, 3.63) is 35.4 Å². The first kappa shape index (κ1) is 17.8. The Labute approximate surface area is 141 Å². The van der Waals surface area contributed by atoms with Gasteiger partial charge in [-0.25, -0.2) is 0 Å². The molecule has 0 bridgehead atoms. The van der Waals surface area contributed by atoms with Gasteiger partial charge in [0.05, 0.1) is 0 Å². The minimum absolute atomic E-state index is 0.679. The molecule has 0 spiro atoms. The van der Waals surface area contributed by atoms with Gasteiger partial charge in [0, 0.05) is 26.2 Å². The first-order valence-corrected chi connectivity index (χ1v) is 8.95. The van der Waals surface area contributed by atoms with Gasteiger partial charge < -0.3 is 10.6 Å². The average molecular weight is 316 g/mol. The number of nitrogens with zero attached hydrogens (tertiary/aromatic N) is 3. The first-order valence-electron chi connectivity index (χ1n) is 8.95. The Morgan fingerprint density at radius 2 is 1.78 bits per heavy atom. The third-order valence-corrected chi connectivity index (χ3v) is 4.83. The van der Waals surface area contributed by atoms with Crippen molar-refractivity contribution in [2.75, 3.05) is 32.7 Å². The monoisotopic (exact) mass is 316 g/mol. The molecule has 1 aliphatic heterocycles. The molecule has 1 aliphatic rings. The Hall–Kier alpha value is -1.55. The minimum Gasteiger partial charge on any atom is -0.370 e. The maximum Gasteiger partial charge on any atom is 0.191 e. The zero-order chi connectivity index (χ0) is 16.7. The largest absolute Gasteiger partial charge is 0.370 e. The van der Waals surface area contributed by atoms with E-state index in [1.807, 2.05) is 0 Å². The van der Waals surface area contributed by atoms with E-state index in [0.717, 1.165) is 26.2 Å². The summed E-state index contributed by atoms with van der Waals surface area (Å²) in [7, 11) is 0. The van der Waals surface area contributed by atoms with Crippen LogP contribution in [0.1, 0.15) is 37.8 Å². The third kappa shape index (κ3) is 5.54. The summed E-state index contributed by atoms with van der Waals surface area (Å²) in [5.74, 6) is 1.38. The van der Waals surface area contributed by atoms with Crippen molar-refractivity contribution < 1.29 is 0 Å². The molecule has 2 rings (SSSR count). The van der Waals surface area contributed by atoms with Gasteiger partial charge in [0.2, 0.25) is 0 Å². The maximum absolute atomic E-state index is 6.06. The predicted octanol–water partition coefficient (Wildman–Crippen LogP) is 2.86. The van der Waals surface area contributed by atoms with Crippen molar-refractivity contribution in [3.8, 4) is 0 Å². The van der Waals surface area contributed by atoms with Crippen LogP contribution in [0.25, 0.3) is 0 Å². The second-order valence-electron chi connectivity index (χ2n) is 6.58. The maximum atomic E-state index is 6.06. The summed E-state index contributed by atoms with van der Waals surface area (Å²) >= 11 is 0. The standard InChI is InChI=1S/C19H32N4/c1-4-23(5-2)19(20)21-14-17-10-12-22(13-11-17)15-18-8-6-16(3)7-9-18/h6-9,17H,4-5,10-15H2,1-3H3,(H2,20,21). The van der Waals surface area contributed by atoms with Crippen LogP contribution in [-0.2, 0) is 6.54 Å². The normalized spacial score (nSPS) is 17.4. The smallest absolute Gasteiger partial charge is 0.191 e. The van der Waals surface area contributed by atoms with Gasteiger partial charge in [-0.1, -0.05) is 29.8 Å². The molecule has 0 atom stereocenters. The summed E-state index contributed by atoms with van der Waals surface area (Å²) in [6, 6.07) is 8.90. The lowest BCUT2D eigenvalue weighted by atomic mass is 9.96. The van der Waals surface area contributed by atoms with E-state index in [4.69, 9.17) is 5.73 Å². The van der Waals surface area contributed by atoms with E-state index in [9.17, 15) is 0 Å². The highest BCUT2D eigenvalue weighted by Crippen LogP contribution is 2.19. The van der Waals surface area contributed by atoms with E-state index in [1.54, 1.807) is 0 Å². The molecule has 1 fully saturated rings. The van der Waals surface area contributed by atoms with Crippen molar-refractivity contribution in [2.45, 2.75) is 40.2 Å². The molecule has 1 saturated heterocycles. The Morgan fingerprint density at radius 1 is 1.17 bits per heavy atom. The second-order valence-corrected chi connectivity index (χ2v) is 6.58. The third-order valence-electron chi connectivity index (χ3n) is 4.83. The molecule has 0 unspecified atom stereocenters. The molecular weight excluding hydrogens is 284 g/mol. The molecule has 4 nitrogen and oxygen atoms in total. The molecule has 0 saturated carbocycles.